The van der Waals surface area contributed by atoms with Gasteiger partial charge in [-0.15, -0.1) is 0 Å². The highest BCUT2D eigenvalue weighted by atomic mass is 35.5. The number of nitrogens with zero attached hydrogens (tertiary/aromatic N) is 2. The third kappa shape index (κ3) is 3.93. The fraction of sp³-hybridized carbons (Fsp3) is 0.588. The van der Waals surface area contributed by atoms with Crippen molar-refractivity contribution in [3.63, 3.8) is 0 Å². The van der Waals surface area contributed by atoms with Crippen molar-refractivity contribution in [2.75, 3.05) is 29.7 Å². The predicted molar refractivity (Wildman–Crippen MR) is 97.7 cm³/mol. The van der Waals surface area contributed by atoms with Gasteiger partial charge in [-0.2, -0.15) is 0 Å². The van der Waals surface area contributed by atoms with Gasteiger partial charge in [-0.25, -0.2) is 8.42 Å². The van der Waals surface area contributed by atoms with Gasteiger partial charge in [0.25, 0.3) is 5.91 Å². The van der Waals surface area contributed by atoms with Gasteiger partial charge in [0.05, 0.1) is 28.7 Å². The van der Waals surface area contributed by atoms with Crippen molar-refractivity contribution in [1.82, 2.24) is 4.90 Å². The van der Waals surface area contributed by atoms with Gasteiger partial charge in [0, 0.05) is 25.2 Å². The molecule has 2 aliphatic heterocycles. The van der Waals surface area contributed by atoms with E-state index in [0.717, 1.165) is 6.42 Å². The molecule has 0 spiro atoms. The van der Waals surface area contributed by atoms with Crippen molar-refractivity contribution in [3.8, 4) is 0 Å². The van der Waals surface area contributed by atoms with Crippen LogP contribution in [0.25, 0.3) is 0 Å². The van der Waals surface area contributed by atoms with Crippen LogP contribution in [0.3, 0.4) is 0 Å². The Morgan fingerprint density at radius 3 is 2.52 bits per heavy atom. The molecule has 0 radical (unpaired) electrons. The Balaban J connectivity index is 1.90. The Labute approximate surface area is 153 Å². The summed E-state index contributed by atoms with van der Waals surface area (Å²) < 4.78 is 31.7. The van der Waals surface area contributed by atoms with E-state index >= 15 is 0 Å². The lowest BCUT2D eigenvalue weighted by molar-refractivity contribution is -0.0586. The number of ether oxygens (including phenoxy) is 1. The van der Waals surface area contributed by atoms with E-state index in [-0.39, 0.29) is 23.9 Å². The summed E-state index contributed by atoms with van der Waals surface area (Å²) >= 11 is 6.24. The van der Waals surface area contributed by atoms with Crippen LogP contribution in [0.4, 0.5) is 5.69 Å². The van der Waals surface area contributed by atoms with Crippen LogP contribution in [0.1, 0.15) is 37.0 Å². The van der Waals surface area contributed by atoms with Crippen molar-refractivity contribution in [1.29, 1.82) is 0 Å². The summed E-state index contributed by atoms with van der Waals surface area (Å²) in [7, 11) is -3.38. The Bertz CT molecular complexity index is 758. The fourth-order valence-electron chi connectivity index (χ4n) is 3.42. The number of rotatable bonds is 2. The van der Waals surface area contributed by atoms with Gasteiger partial charge < -0.3 is 9.64 Å². The van der Waals surface area contributed by atoms with E-state index in [4.69, 9.17) is 16.3 Å². The highest BCUT2D eigenvalue weighted by Crippen LogP contribution is 2.32. The minimum absolute atomic E-state index is 0.0260. The normalized spacial score (nSPS) is 26.5. The largest absolute Gasteiger partial charge is 0.372 e. The van der Waals surface area contributed by atoms with Gasteiger partial charge in [0.2, 0.25) is 10.0 Å². The van der Waals surface area contributed by atoms with Gasteiger partial charge in [-0.1, -0.05) is 11.6 Å². The van der Waals surface area contributed by atoms with E-state index in [1.54, 1.807) is 23.1 Å². The van der Waals surface area contributed by atoms with Gasteiger partial charge >= 0.3 is 0 Å². The van der Waals surface area contributed by atoms with E-state index in [9.17, 15) is 13.2 Å². The molecule has 0 aliphatic carbocycles. The number of anilines is 1. The van der Waals surface area contributed by atoms with E-state index in [0.29, 0.717) is 42.3 Å². The summed E-state index contributed by atoms with van der Waals surface area (Å²) in [4.78, 5) is 14.6. The van der Waals surface area contributed by atoms with Crippen molar-refractivity contribution in [3.05, 3.63) is 28.8 Å². The molecule has 0 aromatic heterocycles. The second-order valence-corrected chi connectivity index (χ2v) is 9.15. The first-order valence-corrected chi connectivity index (χ1v) is 10.5. The van der Waals surface area contributed by atoms with Crippen LogP contribution in [0.5, 0.6) is 0 Å². The zero-order valence-corrected chi connectivity index (χ0v) is 16.0. The maximum atomic E-state index is 12.9. The summed E-state index contributed by atoms with van der Waals surface area (Å²) in [5.74, 6) is -0.0191. The second kappa shape index (κ2) is 7.13. The topological polar surface area (TPSA) is 66.9 Å². The summed E-state index contributed by atoms with van der Waals surface area (Å²) in [6.07, 6.45) is 1.38. The Morgan fingerprint density at radius 1 is 1.20 bits per heavy atom. The molecule has 2 atom stereocenters. The van der Waals surface area contributed by atoms with Gasteiger partial charge in [0.1, 0.15) is 0 Å². The molecule has 0 unspecified atom stereocenters. The molecule has 1 aromatic carbocycles. The highest BCUT2D eigenvalue weighted by Gasteiger charge is 2.30. The lowest BCUT2D eigenvalue weighted by atomic mass is 10.1. The smallest absolute Gasteiger partial charge is 0.254 e. The van der Waals surface area contributed by atoms with Crippen LogP contribution < -0.4 is 4.31 Å². The first kappa shape index (κ1) is 18.5. The third-order valence-corrected chi connectivity index (χ3v) is 6.69. The van der Waals surface area contributed by atoms with Crippen LogP contribution in [0, 0.1) is 0 Å². The molecule has 1 aromatic rings. The number of sulfonamides is 1. The molecule has 2 fully saturated rings. The molecule has 2 aliphatic rings. The average Bonchev–Trinajstić information content (AvgIpc) is 2.54. The Hall–Kier alpha value is -1.31. The number of carbonyl (C=O) groups excluding carboxylic acids is 1. The van der Waals surface area contributed by atoms with E-state index in [1.165, 1.54) is 4.31 Å². The van der Waals surface area contributed by atoms with Gasteiger partial charge in [0.15, 0.2) is 0 Å². The maximum Gasteiger partial charge on any atom is 0.254 e. The number of hydrogen-bond acceptors (Lipinski definition) is 4. The van der Waals surface area contributed by atoms with E-state index < -0.39 is 10.0 Å². The number of amides is 1. The molecule has 2 heterocycles. The van der Waals surface area contributed by atoms with Gasteiger partial charge in [-0.05, 0) is 44.9 Å². The van der Waals surface area contributed by atoms with Crippen LogP contribution in [0.15, 0.2) is 18.2 Å². The molecule has 1 amide bonds. The number of halogens is 1. The standard InChI is InChI=1S/C17H23ClN2O4S/c1-12-10-19(11-13(2)24-12)17(21)14-5-6-15(18)16(9-14)20-7-3-4-8-25(20,22)23/h5-6,9,12-13H,3-4,7-8,10-11H2,1-2H3/t12-,13-/m1/s1. The third-order valence-electron chi connectivity index (χ3n) is 4.52. The SMILES string of the molecule is C[C@@H]1CN(C(=O)c2ccc(Cl)c(N3CCCCS3(=O)=O)c2)C[C@@H](C)O1. The lowest BCUT2D eigenvalue weighted by Gasteiger charge is -2.35. The number of carbonyl (C=O) groups is 1. The van der Waals surface area contributed by atoms with Crippen molar-refractivity contribution in [2.45, 2.75) is 38.9 Å². The molecule has 8 heteroatoms. The minimum Gasteiger partial charge on any atom is -0.372 e. The van der Waals surface area contributed by atoms with Crippen LogP contribution in [0.2, 0.25) is 5.02 Å². The molecular formula is C17H23ClN2O4S. The van der Waals surface area contributed by atoms with Crippen LogP contribution >= 0.6 is 11.6 Å². The van der Waals surface area contributed by atoms with Crippen molar-refractivity contribution < 1.29 is 17.9 Å². The number of morpholine rings is 1. The highest BCUT2D eigenvalue weighted by molar-refractivity contribution is 7.92. The summed E-state index contributed by atoms with van der Waals surface area (Å²) in [6, 6.07) is 4.84. The summed E-state index contributed by atoms with van der Waals surface area (Å²) in [5.41, 5.74) is 0.836. The molecule has 25 heavy (non-hydrogen) atoms. The molecule has 6 nitrogen and oxygen atoms in total. The average molecular weight is 387 g/mol. The van der Waals surface area contributed by atoms with Gasteiger partial charge in [-0.3, -0.25) is 9.10 Å². The monoisotopic (exact) mass is 386 g/mol. The molecule has 138 valence electrons. The molecule has 0 bridgehead atoms. The van der Waals surface area contributed by atoms with Crippen molar-refractivity contribution in [2.24, 2.45) is 0 Å². The lowest BCUT2D eigenvalue weighted by Crippen LogP contribution is -2.48. The summed E-state index contributed by atoms with van der Waals surface area (Å²) in [5, 5.41) is 0.339. The maximum absolute atomic E-state index is 12.9. The zero-order valence-electron chi connectivity index (χ0n) is 14.4. The van der Waals surface area contributed by atoms with Crippen LogP contribution in [-0.2, 0) is 14.8 Å². The van der Waals surface area contributed by atoms with Crippen LogP contribution in [-0.4, -0.2) is 56.8 Å². The number of benzene rings is 1. The molecule has 2 saturated heterocycles. The minimum atomic E-state index is -3.38. The van der Waals surface area contributed by atoms with Crippen molar-refractivity contribution >= 4 is 33.2 Å². The quantitative estimate of drug-likeness (QED) is 0.783. The second-order valence-electron chi connectivity index (χ2n) is 6.73. The first-order valence-electron chi connectivity index (χ1n) is 8.52. The van der Waals surface area contributed by atoms with E-state index in [1.807, 2.05) is 13.8 Å². The molecule has 0 N–H and O–H groups in total. The molecule has 3 rings (SSSR count). The molecular weight excluding hydrogens is 364 g/mol. The molecule has 0 saturated carbocycles. The first-order chi connectivity index (χ1) is 11.8. The van der Waals surface area contributed by atoms with E-state index in [2.05, 4.69) is 0 Å². The summed E-state index contributed by atoms with van der Waals surface area (Å²) in [6.45, 7) is 5.30. The fourth-order valence-corrected chi connectivity index (χ4v) is 5.34. The predicted octanol–water partition coefficient (Wildman–Crippen LogP) is 2.52. The zero-order chi connectivity index (χ0) is 18.2. The Kier molecular flexibility index (Phi) is 5.27. The number of hydrogen-bond donors (Lipinski definition) is 0. The Morgan fingerprint density at radius 2 is 1.88 bits per heavy atom.